The van der Waals surface area contributed by atoms with Crippen LogP contribution in [0.1, 0.15) is 25.7 Å². The van der Waals surface area contributed by atoms with Crippen LogP contribution in [0.15, 0.2) is 0 Å². The first-order chi connectivity index (χ1) is 5.92. The molecule has 0 aromatic carbocycles. The Morgan fingerprint density at radius 1 is 1.23 bits per heavy atom. The van der Waals surface area contributed by atoms with Crippen LogP contribution >= 0.6 is 0 Å². The molecule has 1 aliphatic carbocycles. The maximum atomic E-state index is 12.6. The Kier molecular flexibility index (Phi) is 2.63. The summed E-state index contributed by atoms with van der Waals surface area (Å²) in [5, 5.41) is 8.33. The molecule has 1 rings (SSSR count). The number of Topliss-reactive ketones (excluding diaryl/α,β-unsaturated/α-hetero) is 1. The van der Waals surface area contributed by atoms with Gasteiger partial charge in [0.1, 0.15) is 0 Å². The van der Waals surface area contributed by atoms with E-state index >= 15 is 0 Å². The van der Waals surface area contributed by atoms with Crippen molar-refractivity contribution in [3.05, 3.63) is 0 Å². The smallest absolute Gasteiger partial charge is 0.372 e. The highest BCUT2D eigenvalue weighted by Gasteiger charge is 2.38. The number of carboxylic acids is 1. The number of aliphatic carboxylic acids is 1. The van der Waals surface area contributed by atoms with Crippen molar-refractivity contribution in [2.24, 2.45) is 5.92 Å². The molecular formula is C8H10F2O3. The number of hydrogen-bond donors (Lipinski definition) is 1. The lowest BCUT2D eigenvalue weighted by atomic mass is 9.84. The first kappa shape index (κ1) is 10.1. The second kappa shape index (κ2) is 3.40. The number of halogens is 2. The molecule has 1 aliphatic rings. The lowest BCUT2D eigenvalue weighted by Gasteiger charge is -2.26. The van der Waals surface area contributed by atoms with Crippen LogP contribution < -0.4 is 0 Å². The number of hydrogen-bond acceptors (Lipinski definition) is 2. The Labute approximate surface area is 73.7 Å². The standard InChI is InChI=1S/C8H10F2O3/c9-8(10)3-1-5(2-4-8)6(11)7(12)13/h5H,1-4H2,(H,12,13). The summed E-state index contributed by atoms with van der Waals surface area (Å²) in [4.78, 5) is 21.1. The minimum absolute atomic E-state index is 0.0157. The third kappa shape index (κ3) is 2.47. The minimum atomic E-state index is -2.71. The summed E-state index contributed by atoms with van der Waals surface area (Å²) in [7, 11) is 0. The highest BCUT2D eigenvalue weighted by molar-refractivity contribution is 6.33. The van der Waals surface area contributed by atoms with Crippen LogP contribution in [0.4, 0.5) is 8.78 Å². The van der Waals surface area contributed by atoms with Crippen LogP contribution in [0.5, 0.6) is 0 Å². The summed E-state index contributed by atoms with van der Waals surface area (Å²) in [6.45, 7) is 0. The van der Waals surface area contributed by atoms with Crippen LogP contribution in [0.25, 0.3) is 0 Å². The highest BCUT2D eigenvalue weighted by Crippen LogP contribution is 2.36. The summed E-state index contributed by atoms with van der Waals surface area (Å²) in [5.41, 5.74) is 0. The molecule has 0 atom stereocenters. The zero-order valence-electron chi connectivity index (χ0n) is 6.93. The molecule has 1 N–H and O–H groups in total. The maximum Gasteiger partial charge on any atom is 0.372 e. The Morgan fingerprint density at radius 3 is 2.08 bits per heavy atom. The second-order valence-corrected chi connectivity index (χ2v) is 3.30. The molecule has 0 bridgehead atoms. The van der Waals surface area contributed by atoms with Crippen molar-refractivity contribution in [1.29, 1.82) is 0 Å². The Hall–Kier alpha value is -1.00. The summed E-state index contributed by atoms with van der Waals surface area (Å²) < 4.78 is 25.2. The quantitative estimate of drug-likeness (QED) is 0.674. The topological polar surface area (TPSA) is 54.4 Å². The maximum absolute atomic E-state index is 12.6. The normalized spacial score (nSPS) is 22.6. The van der Waals surface area contributed by atoms with Gasteiger partial charge in [-0.25, -0.2) is 13.6 Å². The average molecular weight is 192 g/mol. The van der Waals surface area contributed by atoms with Crippen molar-refractivity contribution in [3.63, 3.8) is 0 Å². The van der Waals surface area contributed by atoms with Crippen molar-refractivity contribution in [1.82, 2.24) is 0 Å². The zero-order valence-corrected chi connectivity index (χ0v) is 6.93. The van der Waals surface area contributed by atoms with Crippen molar-refractivity contribution in [2.45, 2.75) is 31.6 Å². The minimum Gasteiger partial charge on any atom is -0.475 e. The molecule has 74 valence electrons. The van der Waals surface area contributed by atoms with Crippen molar-refractivity contribution < 1.29 is 23.5 Å². The Morgan fingerprint density at radius 2 is 1.69 bits per heavy atom. The molecule has 0 amide bonds. The van der Waals surface area contributed by atoms with Crippen LogP contribution in [0.3, 0.4) is 0 Å². The molecular weight excluding hydrogens is 182 g/mol. The van der Waals surface area contributed by atoms with Gasteiger partial charge in [0.2, 0.25) is 11.7 Å². The van der Waals surface area contributed by atoms with Crippen LogP contribution in [0, 0.1) is 5.92 Å². The van der Waals surface area contributed by atoms with E-state index in [1.165, 1.54) is 0 Å². The van der Waals surface area contributed by atoms with E-state index in [1.54, 1.807) is 0 Å². The van der Waals surface area contributed by atoms with E-state index in [0.29, 0.717) is 0 Å². The summed E-state index contributed by atoms with van der Waals surface area (Å²) in [6, 6.07) is 0. The molecule has 0 spiro atoms. The van der Waals surface area contributed by atoms with Crippen LogP contribution in [-0.2, 0) is 9.59 Å². The molecule has 1 saturated carbocycles. The van der Waals surface area contributed by atoms with Gasteiger partial charge in [-0.2, -0.15) is 0 Å². The Balaban J connectivity index is 2.50. The largest absolute Gasteiger partial charge is 0.475 e. The zero-order chi connectivity index (χ0) is 10.1. The lowest BCUT2D eigenvalue weighted by Crippen LogP contribution is -2.31. The molecule has 0 heterocycles. The fraction of sp³-hybridized carbons (Fsp3) is 0.750. The van der Waals surface area contributed by atoms with Gasteiger partial charge in [-0.1, -0.05) is 0 Å². The van der Waals surface area contributed by atoms with E-state index in [-0.39, 0.29) is 25.7 Å². The van der Waals surface area contributed by atoms with Gasteiger partial charge in [-0.15, -0.1) is 0 Å². The molecule has 3 nitrogen and oxygen atoms in total. The van der Waals surface area contributed by atoms with E-state index in [9.17, 15) is 18.4 Å². The third-order valence-corrected chi connectivity index (χ3v) is 2.30. The van der Waals surface area contributed by atoms with Crippen molar-refractivity contribution in [2.75, 3.05) is 0 Å². The van der Waals surface area contributed by atoms with Crippen LogP contribution in [-0.4, -0.2) is 22.8 Å². The van der Waals surface area contributed by atoms with Gasteiger partial charge in [-0.3, -0.25) is 4.79 Å². The average Bonchev–Trinajstić information content (AvgIpc) is 2.03. The SMILES string of the molecule is O=C(O)C(=O)C1CCC(F)(F)CC1. The number of carboxylic acid groups (broad SMARTS) is 1. The van der Waals surface area contributed by atoms with E-state index in [1.807, 2.05) is 0 Å². The highest BCUT2D eigenvalue weighted by atomic mass is 19.3. The molecule has 0 unspecified atom stereocenters. The predicted molar refractivity (Wildman–Crippen MR) is 39.5 cm³/mol. The van der Waals surface area contributed by atoms with Gasteiger partial charge >= 0.3 is 5.97 Å². The van der Waals surface area contributed by atoms with Gasteiger partial charge in [0.15, 0.2) is 0 Å². The first-order valence-electron chi connectivity index (χ1n) is 4.07. The third-order valence-electron chi connectivity index (χ3n) is 2.30. The lowest BCUT2D eigenvalue weighted by molar-refractivity contribution is -0.153. The fourth-order valence-corrected chi connectivity index (χ4v) is 1.48. The number of alkyl halides is 2. The molecule has 13 heavy (non-hydrogen) atoms. The summed E-state index contributed by atoms with van der Waals surface area (Å²) >= 11 is 0. The number of rotatable bonds is 2. The molecule has 1 fully saturated rings. The van der Waals surface area contributed by atoms with Crippen molar-refractivity contribution >= 4 is 11.8 Å². The van der Waals surface area contributed by atoms with E-state index in [4.69, 9.17) is 5.11 Å². The van der Waals surface area contributed by atoms with Gasteiger partial charge in [0.25, 0.3) is 0 Å². The summed E-state index contributed by atoms with van der Waals surface area (Å²) in [6.07, 6.45) is -0.788. The predicted octanol–water partition coefficient (Wildman–Crippen LogP) is 1.47. The van der Waals surface area contributed by atoms with Gasteiger partial charge in [-0.05, 0) is 12.8 Å². The van der Waals surface area contributed by atoms with E-state index in [0.717, 1.165) is 0 Å². The molecule has 0 saturated heterocycles. The second-order valence-electron chi connectivity index (χ2n) is 3.30. The molecule has 0 aliphatic heterocycles. The fourth-order valence-electron chi connectivity index (χ4n) is 1.48. The van der Waals surface area contributed by atoms with E-state index in [2.05, 4.69) is 0 Å². The molecule has 0 aromatic rings. The summed E-state index contributed by atoms with van der Waals surface area (Å²) in [5.74, 6) is -5.88. The monoisotopic (exact) mass is 192 g/mol. The van der Waals surface area contributed by atoms with Gasteiger partial charge in [0, 0.05) is 18.8 Å². The van der Waals surface area contributed by atoms with Gasteiger partial charge < -0.3 is 5.11 Å². The number of carbonyl (C=O) groups is 2. The number of carbonyl (C=O) groups excluding carboxylic acids is 1. The molecule has 0 aromatic heterocycles. The molecule has 0 radical (unpaired) electrons. The molecule has 5 heteroatoms. The van der Waals surface area contributed by atoms with Gasteiger partial charge in [0.05, 0.1) is 0 Å². The van der Waals surface area contributed by atoms with Crippen molar-refractivity contribution in [3.8, 4) is 0 Å². The first-order valence-corrected chi connectivity index (χ1v) is 4.07. The number of ketones is 1. The van der Waals surface area contributed by atoms with E-state index < -0.39 is 23.6 Å². The Bertz CT molecular complexity index is 228. The van der Waals surface area contributed by atoms with Crippen LogP contribution in [0.2, 0.25) is 0 Å².